The van der Waals surface area contributed by atoms with Gasteiger partial charge in [0.15, 0.2) is 0 Å². The van der Waals surface area contributed by atoms with E-state index in [9.17, 15) is 18.3 Å². The van der Waals surface area contributed by atoms with Crippen molar-refractivity contribution in [3.05, 3.63) is 58.1 Å². The number of anilines is 1. The average molecular weight is 384 g/mol. The van der Waals surface area contributed by atoms with E-state index in [1.165, 1.54) is 36.4 Å². The van der Waals surface area contributed by atoms with Crippen LogP contribution in [0.4, 0.5) is 5.69 Å². The van der Waals surface area contributed by atoms with Gasteiger partial charge < -0.3 is 9.90 Å². The molecule has 0 amide bonds. The van der Waals surface area contributed by atoms with Crippen LogP contribution in [0, 0.1) is 0 Å². The van der Waals surface area contributed by atoms with E-state index < -0.39 is 21.6 Å². The van der Waals surface area contributed by atoms with Gasteiger partial charge in [-0.2, -0.15) is 0 Å². The molecule has 0 unspecified atom stereocenters. The van der Waals surface area contributed by atoms with Crippen LogP contribution in [-0.4, -0.2) is 65.8 Å². The van der Waals surface area contributed by atoms with E-state index >= 15 is 0 Å². The minimum absolute atomic E-state index is 0. The molecule has 9 heteroatoms. The first-order chi connectivity index (χ1) is 9.79. The first-order valence-electron chi connectivity index (χ1n) is 5.59. The summed E-state index contributed by atoms with van der Waals surface area (Å²) in [6.45, 7) is 0. The fraction of sp³-hybridized carbons (Fsp3) is 0. The number of carbonyl (C=O) groups is 1. The van der Waals surface area contributed by atoms with E-state index in [4.69, 9.17) is 23.2 Å². The minimum Gasteiger partial charge on any atom is -0.545 e. The van der Waals surface area contributed by atoms with Gasteiger partial charge in [0.25, 0.3) is 10.0 Å². The number of halogens is 2. The zero-order chi connectivity index (χ0) is 15.6. The average Bonchev–Trinajstić information content (AvgIpc) is 2.41. The second-order valence-electron chi connectivity index (χ2n) is 4.04. The maximum atomic E-state index is 12.2. The molecule has 0 aliphatic rings. The fourth-order valence-electron chi connectivity index (χ4n) is 1.56. The smallest absolute Gasteiger partial charge is 0.261 e. The number of sulfonamides is 1. The zero-order valence-electron chi connectivity index (χ0n) is 11.3. The van der Waals surface area contributed by atoms with Crippen molar-refractivity contribution >= 4 is 96.3 Å². The molecule has 0 spiro atoms. The monoisotopic (exact) mass is 383 g/mol. The molecule has 111 valence electrons. The third kappa shape index (κ3) is 4.94. The Morgan fingerprint density at radius 2 is 1.64 bits per heavy atom. The number of benzene rings is 2. The van der Waals surface area contributed by atoms with Crippen LogP contribution in [0.5, 0.6) is 0 Å². The molecule has 1 radical (unpaired) electrons. The summed E-state index contributed by atoms with van der Waals surface area (Å²) in [6, 6.07) is 9.33. The minimum atomic E-state index is -3.94. The van der Waals surface area contributed by atoms with E-state index in [2.05, 4.69) is 4.72 Å². The molecule has 0 heterocycles. The third-order valence-electron chi connectivity index (χ3n) is 2.56. The van der Waals surface area contributed by atoms with Gasteiger partial charge in [-0.05, 0) is 42.5 Å². The normalized spacial score (nSPS) is 10.6. The summed E-state index contributed by atoms with van der Waals surface area (Å²) in [5, 5.41) is 11.2. The number of carboxylic acids is 1. The molecule has 2 aromatic carbocycles. The number of hydrogen-bond acceptors (Lipinski definition) is 4. The Hall–Kier alpha value is -0.124. The summed E-state index contributed by atoms with van der Waals surface area (Å²) in [5.74, 6) is -1.55. The molecule has 2 aromatic rings. The summed E-state index contributed by atoms with van der Waals surface area (Å²) in [6.07, 6.45) is 0. The van der Waals surface area contributed by atoms with E-state index in [0.29, 0.717) is 10.7 Å². The van der Waals surface area contributed by atoms with Gasteiger partial charge in [0.2, 0.25) is 0 Å². The quantitative estimate of drug-likeness (QED) is 0.815. The largest absolute Gasteiger partial charge is 0.545 e. The van der Waals surface area contributed by atoms with Crippen LogP contribution in [0.15, 0.2) is 47.4 Å². The van der Waals surface area contributed by atoms with Crippen LogP contribution in [0.1, 0.15) is 10.4 Å². The van der Waals surface area contributed by atoms with Gasteiger partial charge in [0.1, 0.15) is 0 Å². The fourth-order valence-corrected chi connectivity index (χ4v) is 2.97. The number of carboxylic acid groups (broad SMARTS) is 1. The molecule has 0 atom stereocenters. The first-order valence-corrected chi connectivity index (χ1v) is 7.83. The Labute approximate surface area is 180 Å². The maximum absolute atomic E-state index is 12.2. The van der Waals surface area contributed by atoms with Crippen molar-refractivity contribution in [1.82, 2.24) is 0 Å². The van der Waals surface area contributed by atoms with Gasteiger partial charge in [0, 0.05) is 72.7 Å². The third-order valence-corrected chi connectivity index (χ3v) is 4.53. The van der Waals surface area contributed by atoms with E-state index in [1.807, 2.05) is 0 Å². The van der Waals surface area contributed by atoms with Crippen LogP contribution in [0.2, 0.25) is 10.0 Å². The van der Waals surface area contributed by atoms with Crippen LogP contribution in [0.25, 0.3) is 0 Å². The van der Waals surface area contributed by atoms with Crippen molar-refractivity contribution in [3.63, 3.8) is 0 Å². The standard InChI is InChI=1S/C13H9Cl2NO4S.K/c14-8-1-3-9(4-2-8)16-21(19,20)10-5-6-12(15)11(7-10)13(17)18;/h1-7,16H,(H,17,18);/p-1. The van der Waals surface area contributed by atoms with Crippen LogP contribution >= 0.6 is 23.2 Å². The van der Waals surface area contributed by atoms with Gasteiger partial charge >= 0.3 is 0 Å². The van der Waals surface area contributed by atoms with Crippen LogP contribution < -0.4 is 9.83 Å². The molecule has 0 aromatic heterocycles. The molecular weight excluding hydrogens is 376 g/mol. The Balaban J connectivity index is 0.00000242. The zero-order valence-corrected chi connectivity index (χ0v) is 16.8. The van der Waals surface area contributed by atoms with Gasteiger partial charge in [-0.25, -0.2) is 8.42 Å². The number of aromatic carboxylic acids is 1. The summed E-state index contributed by atoms with van der Waals surface area (Å²) in [7, 11) is -3.94. The summed E-state index contributed by atoms with van der Waals surface area (Å²) in [4.78, 5) is 10.6. The van der Waals surface area contributed by atoms with Gasteiger partial charge in [0.05, 0.1) is 10.9 Å². The Morgan fingerprint density at radius 1 is 1.05 bits per heavy atom. The number of carbonyl (C=O) groups excluding carboxylic acids is 1. The predicted molar refractivity (Wildman–Crippen MR) is 83.8 cm³/mol. The second kappa shape index (κ2) is 8.12. The van der Waals surface area contributed by atoms with Crippen molar-refractivity contribution in [3.8, 4) is 0 Å². The molecule has 2 rings (SSSR count). The summed E-state index contributed by atoms with van der Waals surface area (Å²) in [5.41, 5.74) is -0.0972. The number of rotatable bonds is 4. The molecule has 0 fully saturated rings. The molecule has 0 aliphatic carbocycles. The number of hydrogen-bond donors (Lipinski definition) is 1. The Kier molecular flexibility index (Phi) is 7.35. The van der Waals surface area contributed by atoms with E-state index in [1.54, 1.807) is 0 Å². The molecule has 0 aliphatic heterocycles. The molecule has 0 saturated carbocycles. The van der Waals surface area contributed by atoms with Crippen molar-refractivity contribution in [1.29, 1.82) is 0 Å². The van der Waals surface area contributed by atoms with Crippen molar-refractivity contribution < 1.29 is 18.3 Å². The summed E-state index contributed by atoms with van der Waals surface area (Å²) < 4.78 is 26.6. The Bertz CT molecular complexity index is 794. The van der Waals surface area contributed by atoms with Gasteiger partial charge in [-0.15, -0.1) is 0 Å². The van der Waals surface area contributed by atoms with Crippen molar-refractivity contribution in [2.75, 3.05) is 4.72 Å². The summed E-state index contributed by atoms with van der Waals surface area (Å²) >= 11 is 11.4. The second-order valence-corrected chi connectivity index (χ2v) is 6.57. The first kappa shape index (κ1) is 19.9. The molecule has 0 bridgehead atoms. The van der Waals surface area contributed by atoms with Crippen molar-refractivity contribution in [2.45, 2.75) is 4.90 Å². The topological polar surface area (TPSA) is 86.3 Å². The van der Waals surface area contributed by atoms with Crippen LogP contribution in [0.3, 0.4) is 0 Å². The maximum Gasteiger partial charge on any atom is 0.261 e. The van der Waals surface area contributed by atoms with Gasteiger partial charge in [-0.3, -0.25) is 4.72 Å². The molecule has 0 saturated heterocycles. The van der Waals surface area contributed by atoms with Gasteiger partial charge in [-0.1, -0.05) is 23.2 Å². The SMILES string of the molecule is O=C([O-])c1cc(S(=O)(=O)Nc2ccc(Cl)cc2)ccc1Cl.[K]. The Morgan fingerprint density at radius 3 is 2.18 bits per heavy atom. The molecular formula is C13H8Cl2KNO4S-. The molecule has 22 heavy (non-hydrogen) atoms. The van der Waals surface area contributed by atoms with Crippen molar-refractivity contribution in [2.24, 2.45) is 0 Å². The van der Waals surface area contributed by atoms with E-state index in [0.717, 1.165) is 6.07 Å². The molecule has 5 nitrogen and oxygen atoms in total. The number of nitrogens with one attached hydrogen (secondary N) is 1. The molecule has 1 N–H and O–H groups in total. The van der Waals surface area contributed by atoms with E-state index in [-0.39, 0.29) is 61.3 Å². The van der Waals surface area contributed by atoms with Crippen LogP contribution in [-0.2, 0) is 10.0 Å². The predicted octanol–water partition coefficient (Wildman–Crippen LogP) is 1.78.